The van der Waals surface area contributed by atoms with Crippen molar-refractivity contribution >= 4 is 11.6 Å². The molecule has 1 aliphatic heterocycles. The molecule has 1 aromatic rings. The molecular formula is C22H33NO2. The number of hydrogen-bond acceptors (Lipinski definition) is 2. The number of hydrogen-bond donors (Lipinski definition) is 1. The van der Waals surface area contributed by atoms with Gasteiger partial charge in [-0.15, -0.1) is 0 Å². The van der Waals surface area contributed by atoms with Crippen molar-refractivity contribution in [3.63, 3.8) is 0 Å². The Kier molecular flexibility index (Phi) is 4.98. The Balaban J connectivity index is 1.70. The number of nitrogens with zero attached hydrogens (tertiary/aromatic N) is 1. The van der Waals surface area contributed by atoms with Crippen molar-refractivity contribution in [3.8, 4) is 0 Å². The van der Waals surface area contributed by atoms with Crippen molar-refractivity contribution in [2.45, 2.75) is 77.7 Å². The summed E-state index contributed by atoms with van der Waals surface area (Å²) in [7, 11) is 0. The summed E-state index contributed by atoms with van der Waals surface area (Å²) >= 11 is 0. The lowest BCUT2D eigenvalue weighted by atomic mass is 9.68. The molecule has 138 valence electrons. The maximum atomic E-state index is 13.2. The summed E-state index contributed by atoms with van der Waals surface area (Å²) in [6.45, 7) is 9.50. The highest BCUT2D eigenvalue weighted by Crippen LogP contribution is 2.48. The van der Waals surface area contributed by atoms with E-state index >= 15 is 0 Å². The summed E-state index contributed by atoms with van der Waals surface area (Å²) in [4.78, 5) is 15.2. The van der Waals surface area contributed by atoms with E-state index in [0.717, 1.165) is 50.8 Å². The number of amides is 1. The lowest BCUT2D eigenvalue weighted by Gasteiger charge is -2.37. The number of anilines is 1. The van der Waals surface area contributed by atoms with Crippen LogP contribution in [0.15, 0.2) is 24.3 Å². The van der Waals surface area contributed by atoms with E-state index < -0.39 is 0 Å². The van der Waals surface area contributed by atoms with Gasteiger partial charge in [0.2, 0.25) is 5.91 Å². The molecule has 1 saturated carbocycles. The van der Waals surface area contributed by atoms with Crippen LogP contribution < -0.4 is 4.90 Å². The van der Waals surface area contributed by atoms with E-state index in [1.165, 1.54) is 5.56 Å². The first kappa shape index (κ1) is 18.4. The van der Waals surface area contributed by atoms with Gasteiger partial charge in [0, 0.05) is 12.2 Å². The van der Waals surface area contributed by atoms with Crippen LogP contribution in [0.3, 0.4) is 0 Å². The molecule has 0 radical (unpaired) electrons. The Hall–Kier alpha value is -1.35. The number of aliphatic hydroxyl groups excluding tert-OH is 1. The van der Waals surface area contributed by atoms with Gasteiger partial charge in [0.25, 0.3) is 0 Å². The summed E-state index contributed by atoms with van der Waals surface area (Å²) in [5, 5.41) is 10.1. The molecule has 3 heteroatoms. The summed E-state index contributed by atoms with van der Waals surface area (Å²) in [6.07, 6.45) is 5.41. The molecule has 1 amide bonds. The van der Waals surface area contributed by atoms with Crippen LogP contribution in [0, 0.1) is 11.3 Å². The molecule has 1 spiro atoms. The van der Waals surface area contributed by atoms with E-state index in [-0.39, 0.29) is 16.9 Å². The minimum Gasteiger partial charge on any atom is -0.393 e. The Morgan fingerprint density at radius 2 is 1.76 bits per heavy atom. The molecule has 0 bridgehead atoms. The summed E-state index contributed by atoms with van der Waals surface area (Å²) in [5.41, 5.74) is 2.29. The molecule has 1 aliphatic carbocycles. The van der Waals surface area contributed by atoms with Crippen LogP contribution in [0.1, 0.15) is 71.8 Å². The average Bonchev–Trinajstić information content (AvgIpc) is 2.91. The minimum absolute atomic E-state index is 0.132. The molecule has 1 aromatic carbocycles. The van der Waals surface area contributed by atoms with Crippen LogP contribution in [-0.4, -0.2) is 23.7 Å². The fraction of sp³-hybridized carbons (Fsp3) is 0.682. The highest BCUT2D eigenvalue weighted by molar-refractivity contribution is 6.00. The van der Waals surface area contributed by atoms with Crippen molar-refractivity contribution < 1.29 is 9.90 Å². The molecule has 2 fully saturated rings. The van der Waals surface area contributed by atoms with Gasteiger partial charge in [-0.25, -0.2) is 0 Å². The second-order valence-electron chi connectivity index (χ2n) is 9.10. The molecule has 2 aliphatic rings. The van der Waals surface area contributed by atoms with Gasteiger partial charge in [0.15, 0.2) is 0 Å². The summed E-state index contributed by atoms with van der Waals surface area (Å²) in [6, 6.07) is 8.51. The predicted octanol–water partition coefficient (Wildman–Crippen LogP) is 4.67. The largest absolute Gasteiger partial charge is 0.393 e. The normalized spacial score (nSPS) is 28.6. The topological polar surface area (TPSA) is 40.5 Å². The van der Waals surface area contributed by atoms with E-state index in [4.69, 9.17) is 0 Å². The van der Waals surface area contributed by atoms with E-state index in [1.54, 1.807) is 0 Å². The van der Waals surface area contributed by atoms with Crippen LogP contribution in [0.4, 0.5) is 5.69 Å². The molecule has 25 heavy (non-hydrogen) atoms. The van der Waals surface area contributed by atoms with Crippen molar-refractivity contribution in [3.05, 3.63) is 29.8 Å². The Bertz CT molecular complexity index is 606. The summed E-state index contributed by atoms with van der Waals surface area (Å²) in [5.74, 6) is 0.684. The Labute approximate surface area is 152 Å². The zero-order valence-corrected chi connectivity index (χ0v) is 16.2. The predicted molar refractivity (Wildman–Crippen MR) is 103 cm³/mol. The second-order valence-corrected chi connectivity index (χ2v) is 9.10. The molecule has 1 heterocycles. The van der Waals surface area contributed by atoms with Crippen molar-refractivity contribution in [1.29, 1.82) is 0 Å². The second kappa shape index (κ2) is 6.75. The monoisotopic (exact) mass is 343 g/mol. The smallest absolute Gasteiger partial charge is 0.233 e. The van der Waals surface area contributed by atoms with Crippen LogP contribution in [0.5, 0.6) is 0 Å². The van der Waals surface area contributed by atoms with Crippen molar-refractivity contribution in [2.75, 3.05) is 11.4 Å². The standard InChI is InChI=1S/C22H33NO2/c1-5-19(24)16-10-12-22(13-11-16)14-15-23(20(22)25)18-8-6-17(7-9-18)21(2,3)4/h6-9,16,19,24H,5,10-15H2,1-4H3. The van der Waals surface area contributed by atoms with Crippen LogP contribution >= 0.6 is 0 Å². The van der Waals surface area contributed by atoms with Gasteiger partial charge < -0.3 is 10.0 Å². The zero-order valence-electron chi connectivity index (χ0n) is 16.2. The third-order valence-corrected chi connectivity index (χ3v) is 6.51. The number of rotatable bonds is 3. The Morgan fingerprint density at radius 3 is 2.28 bits per heavy atom. The number of carbonyl (C=O) groups is 1. The fourth-order valence-electron chi connectivity index (χ4n) is 4.58. The van der Waals surface area contributed by atoms with Gasteiger partial charge >= 0.3 is 0 Å². The van der Waals surface area contributed by atoms with Gasteiger partial charge in [0.1, 0.15) is 0 Å². The van der Waals surface area contributed by atoms with Gasteiger partial charge in [-0.05, 0) is 67.6 Å². The highest BCUT2D eigenvalue weighted by atomic mass is 16.3. The first-order valence-corrected chi connectivity index (χ1v) is 9.87. The first-order valence-electron chi connectivity index (χ1n) is 9.87. The minimum atomic E-state index is -0.199. The maximum absolute atomic E-state index is 13.2. The highest BCUT2D eigenvalue weighted by Gasteiger charge is 2.49. The van der Waals surface area contributed by atoms with E-state index in [0.29, 0.717) is 11.8 Å². The molecule has 3 nitrogen and oxygen atoms in total. The molecule has 1 saturated heterocycles. The molecule has 1 unspecified atom stereocenters. The molecular weight excluding hydrogens is 310 g/mol. The third kappa shape index (κ3) is 3.48. The molecule has 1 N–H and O–H groups in total. The fourth-order valence-corrected chi connectivity index (χ4v) is 4.58. The van der Waals surface area contributed by atoms with Crippen LogP contribution in [0.2, 0.25) is 0 Å². The third-order valence-electron chi connectivity index (χ3n) is 6.51. The van der Waals surface area contributed by atoms with Crippen LogP contribution in [-0.2, 0) is 10.2 Å². The van der Waals surface area contributed by atoms with E-state index in [9.17, 15) is 9.90 Å². The van der Waals surface area contributed by atoms with Gasteiger partial charge in [-0.2, -0.15) is 0 Å². The molecule has 0 aromatic heterocycles. The van der Waals surface area contributed by atoms with Gasteiger partial charge in [0.05, 0.1) is 11.5 Å². The lowest BCUT2D eigenvalue weighted by molar-refractivity contribution is -0.128. The lowest BCUT2D eigenvalue weighted by Crippen LogP contribution is -2.39. The zero-order chi connectivity index (χ0) is 18.2. The molecule has 3 rings (SSSR count). The van der Waals surface area contributed by atoms with Crippen LogP contribution in [0.25, 0.3) is 0 Å². The SMILES string of the molecule is CCC(O)C1CCC2(CC1)CCN(c1ccc(C(C)(C)C)cc1)C2=O. The van der Waals surface area contributed by atoms with Gasteiger partial charge in [-0.1, -0.05) is 39.8 Å². The van der Waals surface area contributed by atoms with Gasteiger partial charge in [-0.3, -0.25) is 4.79 Å². The first-order chi connectivity index (χ1) is 11.8. The maximum Gasteiger partial charge on any atom is 0.233 e. The van der Waals surface area contributed by atoms with E-state index in [1.807, 2.05) is 11.8 Å². The molecule has 1 atom stereocenters. The number of benzene rings is 1. The van der Waals surface area contributed by atoms with Crippen molar-refractivity contribution in [2.24, 2.45) is 11.3 Å². The summed E-state index contributed by atoms with van der Waals surface area (Å²) < 4.78 is 0. The quantitative estimate of drug-likeness (QED) is 0.866. The number of aliphatic hydroxyl groups is 1. The van der Waals surface area contributed by atoms with E-state index in [2.05, 4.69) is 45.0 Å². The Morgan fingerprint density at radius 1 is 1.16 bits per heavy atom. The average molecular weight is 344 g/mol. The number of carbonyl (C=O) groups excluding carboxylic acids is 1. The van der Waals surface area contributed by atoms with Crippen molar-refractivity contribution in [1.82, 2.24) is 0 Å².